The van der Waals surface area contributed by atoms with Gasteiger partial charge in [0.1, 0.15) is 0 Å². The Morgan fingerprint density at radius 1 is 0.328 bits per heavy atom. The first-order chi connectivity index (χ1) is 28.5. The van der Waals surface area contributed by atoms with E-state index in [0.29, 0.717) is 17.5 Å². The second-order valence-electron chi connectivity index (χ2n) is 15.6. The van der Waals surface area contributed by atoms with Crippen LogP contribution in [-0.4, -0.2) is 15.0 Å². The summed E-state index contributed by atoms with van der Waals surface area (Å²) in [5, 5.41) is 2.63. The van der Waals surface area contributed by atoms with Gasteiger partial charge in [0.2, 0.25) is 0 Å². The fourth-order valence-electron chi connectivity index (χ4n) is 8.76. The van der Waals surface area contributed by atoms with E-state index in [1.54, 1.807) is 0 Å². The molecule has 0 N–H and O–H groups in total. The summed E-state index contributed by atoms with van der Waals surface area (Å²) >= 11 is 1.87. The van der Waals surface area contributed by atoms with Crippen LogP contribution in [0.25, 0.3) is 98.8 Å². The molecule has 0 bridgehead atoms. The molecule has 2 heterocycles. The Hall–Kier alpha value is -7.01. The van der Waals surface area contributed by atoms with Crippen LogP contribution < -0.4 is 0 Å². The van der Waals surface area contributed by atoms with E-state index >= 15 is 0 Å². The quantitative estimate of drug-likeness (QED) is 0.169. The normalized spacial score (nSPS) is 12.8. The third-order valence-corrected chi connectivity index (χ3v) is 12.9. The summed E-state index contributed by atoms with van der Waals surface area (Å²) in [7, 11) is 0. The summed E-state index contributed by atoms with van der Waals surface area (Å²) < 4.78 is 2.62. The van der Waals surface area contributed by atoms with Crippen molar-refractivity contribution in [1.29, 1.82) is 0 Å². The number of nitrogens with zero attached hydrogens (tertiary/aromatic N) is 3. The van der Waals surface area contributed by atoms with Crippen molar-refractivity contribution in [1.82, 2.24) is 15.0 Å². The molecule has 0 fully saturated rings. The Morgan fingerprint density at radius 3 is 1.57 bits per heavy atom. The molecule has 274 valence electrons. The van der Waals surface area contributed by atoms with Gasteiger partial charge in [-0.05, 0) is 92.0 Å². The minimum Gasteiger partial charge on any atom is -0.208 e. The Balaban J connectivity index is 1.05. The Kier molecular flexibility index (Phi) is 8.02. The van der Waals surface area contributed by atoms with Gasteiger partial charge in [-0.25, -0.2) is 15.0 Å². The van der Waals surface area contributed by atoms with Gasteiger partial charge in [0.05, 0.1) is 0 Å². The molecule has 2 aromatic heterocycles. The van der Waals surface area contributed by atoms with Gasteiger partial charge in [0.25, 0.3) is 0 Å². The first-order valence-corrected chi connectivity index (χ1v) is 20.6. The molecule has 0 spiro atoms. The van der Waals surface area contributed by atoms with Crippen molar-refractivity contribution >= 4 is 31.5 Å². The SMILES string of the molecule is CC1(C)c2ccccc2-c2cc(-c3ccc4c(c3)sc3ccccc34)c(-c3cccc(-c4cccc(-c5nc(-c6ccccc6)nc(-c6ccccc6)n5)c4)c3)cc21. The summed E-state index contributed by atoms with van der Waals surface area (Å²) in [6.07, 6.45) is 0. The lowest BCUT2D eigenvalue weighted by atomic mass is 9.80. The number of fused-ring (bicyclic) bond motifs is 6. The van der Waals surface area contributed by atoms with Gasteiger partial charge in [-0.2, -0.15) is 0 Å². The predicted molar refractivity (Wildman–Crippen MR) is 243 cm³/mol. The standard InChI is InChI=1S/C54H37N3S/c1-54(2)47-25-11-9-23-41(47)46-32-44(39-27-28-43-42-24-10-12-26-49(42)58-50(43)31-39)45(33-48(46)54)38-21-13-19-36(29-38)37-20-14-22-40(30-37)53-56-51(34-15-5-3-6-16-34)55-52(57-53)35-17-7-4-8-18-35/h3-33H,1-2H3. The van der Waals surface area contributed by atoms with Crippen molar-refractivity contribution in [2.24, 2.45) is 0 Å². The Morgan fingerprint density at radius 2 is 0.845 bits per heavy atom. The van der Waals surface area contributed by atoms with Crippen molar-refractivity contribution in [3.05, 3.63) is 199 Å². The zero-order valence-electron chi connectivity index (χ0n) is 32.1. The lowest BCUT2D eigenvalue weighted by Gasteiger charge is -2.23. The van der Waals surface area contributed by atoms with E-state index < -0.39 is 0 Å². The second kappa shape index (κ2) is 13.6. The summed E-state index contributed by atoms with van der Waals surface area (Å²) in [5.74, 6) is 1.95. The summed E-state index contributed by atoms with van der Waals surface area (Å²) in [4.78, 5) is 15.0. The molecule has 0 unspecified atom stereocenters. The van der Waals surface area contributed by atoms with E-state index in [0.717, 1.165) is 27.8 Å². The Bertz CT molecular complexity index is 3140. The number of rotatable bonds is 6. The molecule has 11 rings (SSSR count). The van der Waals surface area contributed by atoms with E-state index in [9.17, 15) is 0 Å². The van der Waals surface area contributed by atoms with E-state index in [2.05, 4.69) is 141 Å². The molecule has 1 aliphatic carbocycles. The zero-order valence-corrected chi connectivity index (χ0v) is 33.0. The maximum absolute atomic E-state index is 5.02. The molecule has 10 aromatic rings. The van der Waals surface area contributed by atoms with Crippen LogP contribution in [0, 0.1) is 0 Å². The number of aromatic nitrogens is 3. The summed E-state index contributed by atoms with van der Waals surface area (Å²) in [5.41, 5.74) is 15.2. The summed E-state index contributed by atoms with van der Waals surface area (Å²) in [6, 6.07) is 67.4. The van der Waals surface area contributed by atoms with Crippen LogP contribution >= 0.6 is 11.3 Å². The molecule has 4 heteroatoms. The van der Waals surface area contributed by atoms with Gasteiger partial charge in [-0.1, -0.05) is 166 Å². The first kappa shape index (κ1) is 34.3. The van der Waals surface area contributed by atoms with Gasteiger partial charge in [0.15, 0.2) is 17.5 Å². The van der Waals surface area contributed by atoms with Crippen molar-refractivity contribution in [3.63, 3.8) is 0 Å². The highest BCUT2D eigenvalue weighted by molar-refractivity contribution is 7.25. The molecule has 0 atom stereocenters. The molecule has 8 aromatic carbocycles. The molecular formula is C54H37N3S. The smallest absolute Gasteiger partial charge is 0.164 e. The minimum atomic E-state index is -0.123. The predicted octanol–water partition coefficient (Wildman–Crippen LogP) is 14.5. The average molecular weight is 760 g/mol. The van der Waals surface area contributed by atoms with Gasteiger partial charge in [-0.15, -0.1) is 11.3 Å². The minimum absolute atomic E-state index is 0.123. The third-order valence-electron chi connectivity index (χ3n) is 11.7. The highest BCUT2D eigenvalue weighted by atomic mass is 32.1. The van der Waals surface area contributed by atoms with Crippen molar-refractivity contribution in [2.45, 2.75) is 19.3 Å². The largest absolute Gasteiger partial charge is 0.208 e. The van der Waals surface area contributed by atoms with E-state index in [1.807, 2.05) is 72.0 Å². The fraction of sp³-hybridized carbons (Fsp3) is 0.0556. The monoisotopic (exact) mass is 759 g/mol. The third kappa shape index (κ3) is 5.76. The lowest BCUT2D eigenvalue weighted by Crippen LogP contribution is -2.15. The second-order valence-corrected chi connectivity index (χ2v) is 16.7. The van der Waals surface area contributed by atoms with Crippen LogP contribution in [0.3, 0.4) is 0 Å². The first-order valence-electron chi connectivity index (χ1n) is 19.8. The van der Waals surface area contributed by atoms with Gasteiger partial charge < -0.3 is 0 Å². The van der Waals surface area contributed by atoms with Crippen molar-refractivity contribution in [3.8, 4) is 78.7 Å². The maximum atomic E-state index is 5.02. The van der Waals surface area contributed by atoms with Crippen LogP contribution in [0.2, 0.25) is 0 Å². The van der Waals surface area contributed by atoms with Gasteiger partial charge in [-0.3, -0.25) is 0 Å². The van der Waals surface area contributed by atoms with Crippen molar-refractivity contribution in [2.75, 3.05) is 0 Å². The Labute approximate surface area is 342 Å². The van der Waals surface area contributed by atoms with Gasteiger partial charge >= 0.3 is 0 Å². The van der Waals surface area contributed by atoms with Crippen LogP contribution in [0.15, 0.2) is 188 Å². The van der Waals surface area contributed by atoms with E-state index in [-0.39, 0.29) is 5.41 Å². The maximum Gasteiger partial charge on any atom is 0.164 e. The molecule has 3 nitrogen and oxygen atoms in total. The molecule has 58 heavy (non-hydrogen) atoms. The molecule has 1 aliphatic rings. The summed E-state index contributed by atoms with van der Waals surface area (Å²) in [6.45, 7) is 4.72. The molecule has 0 radical (unpaired) electrons. The highest BCUT2D eigenvalue weighted by Gasteiger charge is 2.36. The van der Waals surface area contributed by atoms with Crippen LogP contribution in [0.4, 0.5) is 0 Å². The number of benzene rings is 8. The molecule has 0 amide bonds. The highest BCUT2D eigenvalue weighted by Crippen LogP contribution is 2.52. The van der Waals surface area contributed by atoms with Crippen molar-refractivity contribution < 1.29 is 0 Å². The van der Waals surface area contributed by atoms with Crippen LogP contribution in [-0.2, 0) is 5.41 Å². The molecule has 0 saturated heterocycles. The van der Waals surface area contributed by atoms with Crippen LogP contribution in [0.1, 0.15) is 25.0 Å². The average Bonchev–Trinajstić information content (AvgIpc) is 3.77. The van der Waals surface area contributed by atoms with E-state index in [1.165, 1.54) is 64.7 Å². The lowest BCUT2D eigenvalue weighted by molar-refractivity contribution is 0.660. The fourth-order valence-corrected chi connectivity index (χ4v) is 9.91. The number of thiophene rings is 1. The molecular weight excluding hydrogens is 723 g/mol. The van der Waals surface area contributed by atoms with Crippen LogP contribution in [0.5, 0.6) is 0 Å². The molecule has 0 aliphatic heterocycles. The van der Waals surface area contributed by atoms with E-state index in [4.69, 9.17) is 15.0 Å². The van der Waals surface area contributed by atoms with Gasteiger partial charge in [0, 0.05) is 42.3 Å². The molecule has 0 saturated carbocycles. The zero-order chi connectivity index (χ0) is 38.8. The number of hydrogen-bond acceptors (Lipinski definition) is 4. The number of hydrogen-bond donors (Lipinski definition) is 0. The topological polar surface area (TPSA) is 38.7 Å².